The quantitative estimate of drug-likeness (QED) is 0.505. The predicted octanol–water partition coefficient (Wildman–Crippen LogP) is 5.15. The highest BCUT2D eigenvalue weighted by Crippen LogP contribution is 2.33. The summed E-state index contributed by atoms with van der Waals surface area (Å²) in [4.78, 5) is 27.6. The summed E-state index contributed by atoms with van der Waals surface area (Å²) < 4.78 is 20.6. The van der Waals surface area contributed by atoms with Crippen molar-refractivity contribution in [2.45, 2.75) is 46.2 Å². The molecule has 1 aliphatic heterocycles. The fourth-order valence-corrected chi connectivity index (χ4v) is 4.48. The normalized spacial score (nSPS) is 15.0. The van der Waals surface area contributed by atoms with E-state index >= 15 is 0 Å². The Bertz CT molecular complexity index is 1150. The molecular weight excluding hydrogens is 407 g/mol. The topological polar surface area (TPSA) is 51.5 Å². The summed E-state index contributed by atoms with van der Waals surface area (Å²) in [6, 6.07) is 16.0. The third-order valence-corrected chi connectivity index (χ3v) is 6.03. The summed E-state index contributed by atoms with van der Waals surface area (Å²) in [6.07, 6.45) is 1.13. The summed E-state index contributed by atoms with van der Waals surface area (Å²) in [5.74, 6) is -0.690. The summed E-state index contributed by atoms with van der Waals surface area (Å²) in [5, 5.41) is 0. The molecule has 0 aliphatic carbocycles. The Morgan fingerprint density at radius 1 is 1.12 bits per heavy atom. The molecule has 0 unspecified atom stereocenters. The second kappa shape index (κ2) is 8.99. The van der Waals surface area contributed by atoms with E-state index in [1.807, 2.05) is 34.6 Å². The van der Waals surface area contributed by atoms with Crippen molar-refractivity contribution in [3.05, 3.63) is 77.2 Å². The SMILES string of the molecule is CCOC(=O)c1cc(-c2ccc(F)cc2)n(CCC(=O)N2c3ccccc3C[C@H]2C)c1C. The van der Waals surface area contributed by atoms with Crippen LogP contribution < -0.4 is 4.90 Å². The van der Waals surface area contributed by atoms with E-state index < -0.39 is 5.97 Å². The number of aromatic nitrogens is 1. The van der Waals surface area contributed by atoms with Gasteiger partial charge in [0.1, 0.15) is 5.82 Å². The number of anilines is 1. The number of ether oxygens (including phenoxy) is 1. The minimum absolute atomic E-state index is 0.0401. The van der Waals surface area contributed by atoms with Crippen LogP contribution in [-0.4, -0.2) is 29.1 Å². The van der Waals surface area contributed by atoms with Crippen LogP contribution >= 0.6 is 0 Å². The van der Waals surface area contributed by atoms with Crippen LogP contribution in [0.4, 0.5) is 10.1 Å². The lowest BCUT2D eigenvalue weighted by Crippen LogP contribution is -2.36. The van der Waals surface area contributed by atoms with Gasteiger partial charge in [0.05, 0.1) is 12.2 Å². The molecule has 5 nitrogen and oxygen atoms in total. The van der Waals surface area contributed by atoms with E-state index in [0.717, 1.165) is 29.1 Å². The Morgan fingerprint density at radius 3 is 2.56 bits per heavy atom. The van der Waals surface area contributed by atoms with E-state index in [1.54, 1.807) is 25.1 Å². The maximum absolute atomic E-state index is 13.5. The molecule has 32 heavy (non-hydrogen) atoms. The number of fused-ring (bicyclic) bond motifs is 1. The first kappa shape index (κ1) is 21.8. The third kappa shape index (κ3) is 4.05. The highest BCUT2D eigenvalue weighted by Gasteiger charge is 2.30. The molecule has 4 rings (SSSR count). The number of halogens is 1. The Labute approximate surface area is 187 Å². The molecule has 166 valence electrons. The molecular formula is C26H27FN2O3. The number of rotatable bonds is 6. The van der Waals surface area contributed by atoms with Gasteiger partial charge < -0.3 is 14.2 Å². The molecule has 6 heteroatoms. The van der Waals surface area contributed by atoms with Crippen LogP contribution in [0.5, 0.6) is 0 Å². The molecule has 3 aromatic rings. The van der Waals surface area contributed by atoms with Gasteiger partial charge in [0.2, 0.25) is 5.91 Å². The van der Waals surface area contributed by atoms with Gasteiger partial charge in [-0.2, -0.15) is 0 Å². The van der Waals surface area contributed by atoms with Crippen molar-refractivity contribution in [2.75, 3.05) is 11.5 Å². The monoisotopic (exact) mass is 434 g/mol. The average molecular weight is 435 g/mol. The molecule has 2 heterocycles. The number of carbonyl (C=O) groups excluding carboxylic acids is 2. The highest BCUT2D eigenvalue weighted by atomic mass is 19.1. The van der Waals surface area contributed by atoms with Crippen molar-refractivity contribution >= 4 is 17.6 Å². The Hall–Kier alpha value is -3.41. The van der Waals surface area contributed by atoms with Crippen LogP contribution in [0.15, 0.2) is 54.6 Å². The first-order valence-electron chi connectivity index (χ1n) is 10.9. The standard InChI is InChI=1S/C26H27FN2O3/c1-4-32-26(31)22-16-24(19-9-11-21(27)12-10-19)28(18(22)3)14-13-25(30)29-17(2)15-20-7-5-6-8-23(20)29/h5-12,16-17H,4,13-15H2,1-3H3/t17-/m1/s1. The highest BCUT2D eigenvalue weighted by molar-refractivity contribution is 5.96. The van der Waals surface area contributed by atoms with Gasteiger partial charge >= 0.3 is 5.97 Å². The van der Waals surface area contributed by atoms with Gasteiger partial charge in [0.25, 0.3) is 0 Å². The van der Waals surface area contributed by atoms with E-state index in [1.165, 1.54) is 17.7 Å². The number of carbonyl (C=O) groups is 2. The van der Waals surface area contributed by atoms with Crippen LogP contribution in [-0.2, 0) is 22.5 Å². The molecule has 0 bridgehead atoms. The predicted molar refractivity (Wildman–Crippen MR) is 122 cm³/mol. The van der Waals surface area contributed by atoms with Gasteiger partial charge in [0.15, 0.2) is 0 Å². The van der Waals surface area contributed by atoms with Gasteiger partial charge in [-0.1, -0.05) is 18.2 Å². The minimum Gasteiger partial charge on any atom is -0.462 e. The van der Waals surface area contributed by atoms with Gasteiger partial charge in [-0.25, -0.2) is 9.18 Å². The van der Waals surface area contributed by atoms with Crippen molar-refractivity contribution in [1.29, 1.82) is 0 Å². The van der Waals surface area contributed by atoms with E-state index in [4.69, 9.17) is 4.74 Å². The molecule has 0 N–H and O–H groups in total. The van der Waals surface area contributed by atoms with E-state index in [0.29, 0.717) is 12.1 Å². The lowest BCUT2D eigenvalue weighted by molar-refractivity contribution is -0.119. The van der Waals surface area contributed by atoms with Gasteiger partial charge in [0, 0.05) is 36.1 Å². The van der Waals surface area contributed by atoms with Gasteiger partial charge in [-0.3, -0.25) is 4.79 Å². The Balaban J connectivity index is 1.63. The van der Waals surface area contributed by atoms with E-state index in [-0.39, 0.29) is 30.8 Å². The van der Waals surface area contributed by atoms with Crippen LogP contribution in [0.1, 0.15) is 41.9 Å². The van der Waals surface area contributed by atoms with E-state index in [9.17, 15) is 14.0 Å². The molecule has 0 radical (unpaired) electrons. The zero-order valence-electron chi connectivity index (χ0n) is 18.6. The maximum Gasteiger partial charge on any atom is 0.339 e. The molecule has 0 fully saturated rings. The largest absolute Gasteiger partial charge is 0.462 e. The number of benzene rings is 2. The lowest BCUT2D eigenvalue weighted by atomic mass is 10.1. The van der Waals surface area contributed by atoms with Crippen LogP contribution in [0.25, 0.3) is 11.3 Å². The molecule has 0 spiro atoms. The summed E-state index contributed by atoms with van der Waals surface area (Å²) in [7, 11) is 0. The molecule has 1 aromatic heterocycles. The molecule has 0 saturated carbocycles. The van der Waals surface area contributed by atoms with Crippen LogP contribution in [0, 0.1) is 12.7 Å². The lowest BCUT2D eigenvalue weighted by Gasteiger charge is -2.23. The average Bonchev–Trinajstić information content (AvgIpc) is 3.29. The third-order valence-electron chi connectivity index (χ3n) is 6.03. The zero-order chi connectivity index (χ0) is 22.8. The number of hydrogen-bond donors (Lipinski definition) is 0. The van der Waals surface area contributed by atoms with E-state index in [2.05, 4.69) is 13.0 Å². The van der Waals surface area contributed by atoms with Crippen LogP contribution in [0.2, 0.25) is 0 Å². The summed E-state index contributed by atoms with van der Waals surface area (Å²) >= 11 is 0. The molecule has 1 atom stereocenters. The summed E-state index contributed by atoms with van der Waals surface area (Å²) in [6.45, 7) is 6.35. The van der Waals surface area contributed by atoms with Gasteiger partial charge in [-0.05, 0) is 74.7 Å². The smallest absolute Gasteiger partial charge is 0.339 e. The van der Waals surface area contributed by atoms with Crippen molar-refractivity contribution in [2.24, 2.45) is 0 Å². The Morgan fingerprint density at radius 2 is 1.84 bits per heavy atom. The second-order valence-corrected chi connectivity index (χ2v) is 8.10. The number of nitrogens with zero attached hydrogens (tertiary/aromatic N) is 2. The number of amides is 1. The second-order valence-electron chi connectivity index (χ2n) is 8.10. The first-order chi connectivity index (χ1) is 15.4. The molecule has 2 aromatic carbocycles. The van der Waals surface area contributed by atoms with Crippen molar-refractivity contribution in [1.82, 2.24) is 4.57 Å². The van der Waals surface area contributed by atoms with Crippen LogP contribution in [0.3, 0.4) is 0 Å². The fourth-order valence-electron chi connectivity index (χ4n) is 4.48. The minimum atomic E-state index is -0.402. The van der Waals surface area contributed by atoms with Gasteiger partial charge in [-0.15, -0.1) is 0 Å². The van der Waals surface area contributed by atoms with Crippen molar-refractivity contribution in [3.8, 4) is 11.3 Å². The fraction of sp³-hybridized carbons (Fsp3) is 0.308. The maximum atomic E-state index is 13.5. The Kier molecular flexibility index (Phi) is 6.12. The molecule has 1 aliphatic rings. The van der Waals surface area contributed by atoms with Crippen molar-refractivity contribution in [3.63, 3.8) is 0 Å². The van der Waals surface area contributed by atoms with Crippen molar-refractivity contribution < 1.29 is 18.7 Å². The summed E-state index contributed by atoms with van der Waals surface area (Å²) in [5.41, 5.74) is 4.87. The zero-order valence-corrected chi connectivity index (χ0v) is 18.6. The number of esters is 1. The molecule has 1 amide bonds. The number of para-hydroxylation sites is 1. The number of hydrogen-bond acceptors (Lipinski definition) is 3. The first-order valence-corrected chi connectivity index (χ1v) is 10.9. The molecule has 0 saturated heterocycles.